The van der Waals surface area contributed by atoms with Crippen molar-refractivity contribution in [3.05, 3.63) is 51.5 Å². The molecule has 0 amide bonds. The number of hydrogen-bond acceptors (Lipinski definition) is 1. The molecule has 0 radical (unpaired) electrons. The molecule has 0 aliphatic carbocycles. The van der Waals surface area contributed by atoms with Crippen molar-refractivity contribution >= 4 is 34.8 Å². The largest absolute Gasteiger partial charge is 0.508 e. The van der Waals surface area contributed by atoms with Crippen molar-refractivity contribution in [1.82, 2.24) is 0 Å². The molecule has 0 spiro atoms. The maximum Gasteiger partial charge on any atom is 0.117 e. The van der Waals surface area contributed by atoms with Gasteiger partial charge >= 0.3 is 0 Å². The summed E-state index contributed by atoms with van der Waals surface area (Å²) in [6, 6.07) is 9.94. The van der Waals surface area contributed by atoms with E-state index < -0.39 is 0 Å². The number of phenols is 1. The molecule has 1 N–H and O–H groups in total. The lowest BCUT2D eigenvalue weighted by Crippen LogP contribution is -1.81. The van der Waals surface area contributed by atoms with E-state index in [1.54, 1.807) is 30.3 Å². The van der Waals surface area contributed by atoms with Gasteiger partial charge in [0.1, 0.15) is 5.75 Å². The first-order valence-corrected chi connectivity index (χ1v) is 5.65. The van der Waals surface area contributed by atoms with Gasteiger partial charge in [0.2, 0.25) is 0 Å². The first kappa shape index (κ1) is 11.6. The van der Waals surface area contributed by atoms with E-state index in [-0.39, 0.29) is 5.75 Å². The quantitative estimate of drug-likeness (QED) is 0.773. The van der Waals surface area contributed by atoms with Crippen molar-refractivity contribution in [3.63, 3.8) is 0 Å². The van der Waals surface area contributed by atoms with Crippen LogP contribution >= 0.6 is 34.8 Å². The molecule has 0 atom stereocenters. The fourth-order valence-electron chi connectivity index (χ4n) is 1.43. The van der Waals surface area contributed by atoms with Crippen LogP contribution in [0.25, 0.3) is 11.1 Å². The minimum atomic E-state index is 0.124. The zero-order chi connectivity index (χ0) is 11.7. The second kappa shape index (κ2) is 4.54. The summed E-state index contributed by atoms with van der Waals surface area (Å²) in [6.07, 6.45) is 0. The highest BCUT2D eigenvalue weighted by Gasteiger charge is 2.08. The molecule has 0 heterocycles. The van der Waals surface area contributed by atoms with Crippen molar-refractivity contribution < 1.29 is 5.11 Å². The molecule has 4 heteroatoms. The molecule has 2 rings (SSSR count). The van der Waals surface area contributed by atoms with Crippen molar-refractivity contribution in [3.8, 4) is 16.9 Å². The van der Waals surface area contributed by atoms with E-state index in [1.165, 1.54) is 6.07 Å². The van der Waals surface area contributed by atoms with E-state index in [0.29, 0.717) is 15.1 Å². The highest BCUT2D eigenvalue weighted by atomic mass is 35.5. The SMILES string of the molecule is Oc1ccc(-c2ccc(Cl)cc2Cl)c(Cl)c1. The van der Waals surface area contributed by atoms with E-state index in [0.717, 1.165) is 11.1 Å². The molecule has 16 heavy (non-hydrogen) atoms. The molecular weight excluding hydrogens is 266 g/mol. The van der Waals surface area contributed by atoms with Crippen LogP contribution in [0.5, 0.6) is 5.75 Å². The zero-order valence-electron chi connectivity index (χ0n) is 8.05. The number of phenolic OH excluding ortho intramolecular Hbond substituents is 1. The lowest BCUT2D eigenvalue weighted by atomic mass is 10.1. The number of benzene rings is 2. The Balaban J connectivity index is 2.59. The normalized spacial score (nSPS) is 10.4. The molecule has 0 bridgehead atoms. The number of rotatable bonds is 1. The topological polar surface area (TPSA) is 20.2 Å². The van der Waals surface area contributed by atoms with Gasteiger partial charge < -0.3 is 5.11 Å². The summed E-state index contributed by atoms with van der Waals surface area (Å²) in [4.78, 5) is 0. The van der Waals surface area contributed by atoms with Crippen LogP contribution in [0.1, 0.15) is 0 Å². The Kier molecular flexibility index (Phi) is 3.29. The molecule has 0 saturated heterocycles. The Hall–Kier alpha value is -0.890. The summed E-state index contributed by atoms with van der Waals surface area (Å²) in [5.74, 6) is 0.124. The Morgan fingerprint density at radius 3 is 1.88 bits per heavy atom. The molecule has 0 unspecified atom stereocenters. The van der Waals surface area contributed by atoms with Crippen molar-refractivity contribution in [2.75, 3.05) is 0 Å². The Labute approximate surface area is 108 Å². The van der Waals surface area contributed by atoms with E-state index in [2.05, 4.69) is 0 Å². The molecule has 0 aromatic heterocycles. The minimum absolute atomic E-state index is 0.124. The molecule has 2 aromatic rings. The van der Waals surface area contributed by atoms with Gasteiger partial charge in [-0.15, -0.1) is 0 Å². The van der Waals surface area contributed by atoms with Crippen LogP contribution in [0.4, 0.5) is 0 Å². The van der Waals surface area contributed by atoms with Gasteiger partial charge in [-0.3, -0.25) is 0 Å². The molecule has 2 aromatic carbocycles. The van der Waals surface area contributed by atoms with Crippen LogP contribution < -0.4 is 0 Å². The number of halogens is 3. The first-order chi connectivity index (χ1) is 7.58. The van der Waals surface area contributed by atoms with Gasteiger partial charge in [-0.25, -0.2) is 0 Å². The predicted molar refractivity (Wildman–Crippen MR) is 68.6 cm³/mol. The lowest BCUT2D eigenvalue weighted by molar-refractivity contribution is 0.475. The van der Waals surface area contributed by atoms with Gasteiger partial charge in [0.15, 0.2) is 0 Å². The van der Waals surface area contributed by atoms with Crippen molar-refractivity contribution in [1.29, 1.82) is 0 Å². The van der Waals surface area contributed by atoms with Crippen LogP contribution in [-0.2, 0) is 0 Å². The molecule has 0 saturated carbocycles. The summed E-state index contributed by atoms with van der Waals surface area (Å²) in [6.45, 7) is 0. The number of aromatic hydroxyl groups is 1. The molecule has 0 aliphatic rings. The maximum atomic E-state index is 9.26. The second-order valence-corrected chi connectivity index (χ2v) is 4.54. The van der Waals surface area contributed by atoms with Crippen molar-refractivity contribution in [2.24, 2.45) is 0 Å². The fraction of sp³-hybridized carbons (Fsp3) is 0. The summed E-state index contributed by atoms with van der Waals surface area (Å²) in [5.41, 5.74) is 1.55. The predicted octanol–water partition coefficient (Wildman–Crippen LogP) is 5.02. The molecular formula is C12H7Cl3O. The van der Waals surface area contributed by atoms with Gasteiger partial charge in [0, 0.05) is 21.2 Å². The average molecular weight is 274 g/mol. The van der Waals surface area contributed by atoms with Gasteiger partial charge in [-0.05, 0) is 30.3 Å². The Bertz CT molecular complexity index is 488. The third-order valence-corrected chi connectivity index (χ3v) is 3.03. The van der Waals surface area contributed by atoms with Gasteiger partial charge in [0.25, 0.3) is 0 Å². The van der Waals surface area contributed by atoms with E-state index in [4.69, 9.17) is 34.8 Å². The summed E-state index contributed by atoms with van der Waals surface area (Å²) < 4.78 is 0. The van der Waals surface area contributed by atoms with Crippen LogP contribution in [-0.4, -0.2) is 5.11 Å². The number of hydrogen-bond donors (Lipinski definition) is 1. The average Bonchev–Trinajstić information content (AvgIpc) is 2.19. The summed E-state index contributed by atoms with van der Waals surface area (Å²) >= 11 is 17.9. The van der Waals surface area contributed by atoms with E-state index in [1.807, 2.05) is 0 Å². The molecule has 82 valence electrons. The van der Waals surface area contributed by atoms with Crippen LogP contribution in [0, 0.1) is 0 Å². The van der Waals surface area contributed by atoms with Gasteiger partial charge in [0.05, 0.1) is 5.02 Å². The van der Waals surface area contributed by atoms with Gasteiger partial charge in [-0.2, -0.15) is 0 Å². The van der Waals surface area contributed by atoms with Crippen LogP contribution in [0.3, 0.4) is 0 Å². The Morgan fingerprint density at radius 2 is 1.31 bits per heavy atom. The minimum Gasteiger partial charge on any atom is -0.508 e. The monoisotopic (exact) mass is 272 g/mol. The maximum absolute atomic E-state index is 9.26. The Morgan fingerprint density at radius 1 is 0.750 bits per heavy atom. The van der Waals surface area contributed by atoms with Crippen LogP contribution in [0.2, 0.25) is 15.1 Å². The first-order valence-electron chi connectivity index (χ1n) is 4.52. The lowest BCUT2D eigenvalue weighted by Gasteiger charge is -2.07. The van der Waals surface area contributed by atoms with Gasteiger partial charge in [-0.1, -0.05) is 40.9 Å². The molecule has 0 aliphatic heterocycles. The third-order valence-electron chi connectivity index (χ3n) is 2.17. The molecule has 0 fully saturated rings. The van der Waals surface area contributed by atoms with E-state index >= 15 is 0 Å². The van der Waals surface area contributed by atoms with E-state index in [9.17, 15) is 5.11 Å². The fourth-order valence-corrected chi connectivity index (χ4v) is 2.22. The highest BCUT2D eigenvalue weighted by molar-refractivity contribution is 6.38. The highest BCUT2D eigenvalue weighted by Crippen LogP contribution is 2.36. The summed E-state index contributed by atoms with van der Waals surface area (Å²) in [5, 5.41) is 10.8. The third kappa shape index (κ3) is 2.27. The second-order valence-electron chi connectivity index (χ2n) is 3.29. The zero-order valence-corrected chi connectivity index (χ0v) is 10.3. The van der Waals surface area contributed by atoms with Crippen molar-refractivity contribution in [2.45, 2.75) is 0 Å². The molecule has 1 nitrogen and oxygen atoms in total. The standard InChI is InChI=1S/C12H7Cl3O/c13-7-1-3-9(11(14)5-7)10-4-2-8(16)6-12(10)15/h1-6,16H. The smallest absolute Gasteiger partial charge is 0.117 e. The summed E-state index contributed by atoms with van der Waals surface area (Å²) in [7, 11) is 0. The van der Waals surface area contributed by atoms with Crippen LogP contribution in [0.15, 0.2) is 36.4 Å².